The lowest BCUT2D eigenvalue weighted by molar-refractivity contribution is -0.164. The molecule has 0 saturated carbocycles. The zero-order valence-corrected chi connectivity index (χ0v) is 8.34. The number of nitriles is 1. The summed E-state index contributed by atoms with van der Waals surface area (Å²) in [4.78, 5) is 11.8. The predicted molar refractivity (Wildman–Crippen MR) is 44.7 cm³/mol. The maximum absolute atomic E-state index is 12.1. The smallest absolute Gasteiger partial charge is 0.405 e. The maximum Gasteiger partial charge on any atom is 0.405 e. The summed E-state index contributed by atoms with van der Waals surface area (Å²) in [6, 6.07) is 1.15. The first-order valence-corrected chi connectivity index (χ1v) is 4.03. The number of nitrogens with zero attached hydrogens (tertiary/aromatic N) is 2. The zero-order valence-electron chi connectivity index (χ0n) is 8.34. The van der Waals surface area contributed by atoms with E-state index in [0.717, 1.165) is 18.1 Å². The number of carbonyl (C=O) groups excluding carboxylic acids is 1. The second kappa shape index (κ2) is 5.56. The second-order valence-electron chi connectivity index (χ2n) is 3.00. The molecule has 0 aliphatic carbocycles. The van der Waals surface area contributed by atoms with Gasteiger partial charge >= 0.3 is 12.1 Å². The highest BCUT2D eigenvalue weighted by molar-refractivity contribution is 5.71. The first-order valence-electron chi connectivity index (χ1n) is 4.03. The van der Waals surface area contributed by atoms with Gasteiger partial charge in [0.05, 0.1) is 19.7 Å². The quantitative estimate of drug-likeness (QED) is 0.662. The first-order chi connectivity index (χ1) is 6.81. The molecule has 0 rings (SSSR count). The molecule has 0 aromatic carbocycles. The van der Waals surface area contributed by atoms with Crippen molar-refractivity contribution in [1.29, 1.82) is 5.26 Å². The SMILES string of the molecule is COC(=O)CN(C)CC(C#N)C(F)(F)F. The van der Waals surface area contributed by atoms with E-state index in [-0.39, 0.29) is 6.54 Å². The Balaban J connectivity index is 4.21. The molecule has 0 bridgehead atoms. The van der Waals surface area contributed by atoms with Crippen molar-refractivity contribution in [2.24, 2.45) is 5.92 Å². The van der Waals surface area contributed by atoms with Gasteiger partial charge in [0.25, 0.3) is 0 Å². The lowest BCUT2D eigenvalue weighted by Crippen LogP contribution is -2.36. The summed E-state index contributed by atoms with van der Waals surface area (Å²) >= 11 is 0. The highest BCUT2D eigenvalue weighted by Crippen LogP contribution is 2.25. The van der Waals surface area contributed by atoms with Crippen molar-refractivity contribution in [3.05, 3.63) is 0 Å². The molecule has 0 fully saturated rings. The van der Waals surface area contributed by atoms with Crippen LogP contribution in [0.2, 0.25) is 0 Å². The molecule has 0 aromatic heterocycles. The topological polar surface area (TPSA) is 53.3 Å². The van der Waals surface area contributed by atoms with E-state index in [9.17, 15) is 18.0 Å². The third-order valence-corrected chi connectivity index (χ3v) is 1.67. The van der Waals surface area contributed by atoms with Gasteiger partial charge < -0.3 is 4.74 Å². The van der Waals surface area contributed by atoms with E-state index in [1.807, 2.05) is 0 Å². The second-order valence-corrected chi connectivity index (χ2v) is 3.00. The number of hydrogen-bond donors (Lipinski definition) is 0. The van der Waals surface area contributed by atoms with E-state index in [2.05, 4.69) is 4.74 Å². The normalized spacial score (nSPS) is 13.4. The van der Waals surface area contributed by atoms with Crippen LogP contribution in [0.1, 0.15) is 0 Å². The van der Waals surface area contributed by atoms with Crippen LogP contribution in [0.5, 0.6) is 0 Å². The van der Waals surface area contributed by atoms with Crippen LogP contribution < -0.4 is 0 Å². The zero-order chi connectivity index (χ0) is 12.1. The highest BCUT2D eigenvalue weighted by atomic mass is 19.4. The lowest BCUT2D eigenvalue weighted by Gasteiger charge is -2.20. The summed E-state index contributed by atoms with van der Waals surface area (Å²) in [6.07, 6.45) is -4.57. The Morgan fingerprint density at radius 3 is 2.47 bits per heavy atom. The fourth-order valence-corrected chi connectivity index (χ4v) is 0.879. The molecule has 0 aromatic rings. The lowest BCUT2D eigenvalue weighted by atomic mass is 10.1. The summed E-state index contributed by atoms with van der Waals surface area (Å²) in [6.45, 7) is -0.820. The third-order valence-electron chi connectivity index (χ3n) is 1.67. The molecule has 7 heteroatoms. The molecule has 0 N–H and O–H groups in total. The fourth-order valence-electron chi connectivity index (χ4n) is 0.879. The van der Waals surface area contributed by atoms with Crippen LogP contribution in [-0.4, -0.2) is 44.3 Å². The Kier molecular flexibility index (Phi) is 5.08. The molecule has 0 saturated heterocycles. The van der Waals surface area contributed by atoms with E-state index in [1.165, 1.54) is 7.05 Å². The Morgan fingerprint density at radius 2 is 2.13 bits per heavy atom. The summed E-state index contributed by atoms with van der Waals surface area (Å²) in [5.41, 5.74) is 0. The van der Waals surface area contributed by atoms with Gasteiger partial charge in [0.2, 0.25) is 0 Å². The van der Waals surface area contributed by atoms with Crippen LogP contribution in [0.3, 0.4) is 0 Å². The molecule has 15 heavy (non-hydrogen) atoms. The van der Waals surface area contributed by atoms with Crippen LogP contribution in [0, 0.1) is 17.2 Å². The minimum atomic E-state index is -4.57. The number of hydrogen-bond acceptors (Lipinski definition) is 4. The van der Waals surface area contributed by atoms with Crippen molar-refractivity contribution >= 4 is 5.97 Å². The van der Waals surface area contributed by atoms with Crippen molar-refractivity contribution in [2.75, 3.05) is 27.2 Å². The number of ether oxygens (including phenoxy) is 1. The summed E-state index contributed by atoms with van der Waals surface area (Å²) in [7, 11) is 2.45. The van der Waals surface area contributed by atoms with Crippen LogP contribution in [-0.2, 0) is 9.53 Å². The number of alkyl halides is 3. The molecule has 0 aliphatic heterocycles. The molecule has 0 radical (unpaired) electrons. The van der Waals surface area contributed by atoms with E-state index in [0.29, 0.717) is 0 Å². The largest absolute Gasteiger partial charge is 0.468 e. The van der Waals surface area contributed by atoms with Crippen molar-refractivity contribution in [3.8, 4) is 6.07 Å². The van der Waals surface area contributed by atoms with Crippen molar-refractivity contribution in [1.82, 2.24) is 4.90 Å². The molecule has 86 valence electrons. The summed E-state index contributed by atoms with van der Waals surface area (Å²) in [5, 5.41) is 8.29. The number of rotatable bonds is 4. The van der Waals surface area contributed by atoms with Gasteiger partial charge in [-0.25, -0.2) is 0 Å². The Labute approximate surface area is 85.2 Å². The molecule has 0 amide bonds. The molecule has 4 nitrogen and oxygen atoms in total. The number of carbonyl (C=O) groups is 1. The summed E-state index contributed by atoms with van der Waals surface area (Å²) in [5.74, 6) is -2.73. The number of halogens is 3. The van der Waals surface area contributed by atoms with E-state index in [4.69, 9.17) is 5.26 Å². The fraction of sp³-hybridized carbons (Fsp3) is 0.750. The van der Waals surface area contributed by atoms with Gasteiger partial charge in [-0.2, -0.15) is 18.4 Å². The van der Waals surface area contributed by atoms with Gasteiger partial charge in [0, 0.05) is 6.54 Å². The predicted octanol–water partition coefficient (Wildman–Crippen LogP) is 0.793. The average Bonchev–Trinajstić information content (AvgIpc) is 2.12. The maximum atomic E-state index is 12.1. The van der Waals surface area contributed by atoms with E-state index >= 15 is 0 Å². The first kappa shape index (κ1) is 13.7. The highest BCUT2D eigenvalue weighted by Gasteiger charge is 2.40. The molecule has 1 atom stereocenters. The van der Waals surface area contributed by atoms with E-state index in [1.54, 1.807) is 0 Å². The Bertz CT molecular complexity index is 260. The van der Waals surface area contributed by atoms with Gasteiger partial charge in [0.15, 0.2) is 5.92 Å². The van der Waals surface area contributed by atoms with Gasteiger partial charge in [-0.05, 0) is 7.05 Å². The Hall–Kier alpha value is -1.29. The molecular formula is C8H11F3N2O2. The molecule has 0 spiro atoms. The standard InChI is InChI=1S/C8H11F3N2O2/c1-13(5-7(14)15-2)4-6(3-12)8(9,10)11/h6H,4-5H2,1-2H3. The monoisotopic (exact) mass is 224 g/mol. The minimum absolute atomic E-state index is 0.273. The van der Waals surface area contributed by atoms with Crippen molar-refractivity contribution in [3.63, 3.8) is 0 Å². The van der Waals surface area contributed by atoms with Crippen LogP contribution in [0.15, 0.2) is 0 Å². The summed E-state index contributed by atoms with van der Waals surface area (Å²) < 4.78 is 40.7. The number of esters is 1. The molecule has 0 aliphatic rings. The van der Waals surface area contributed by atoms with Gasteiger partial charge in [-0.1, -0.05) is 0 Å². The third kappa shape index (κ3) is 5.22. The minimum Gasteiger partial charge on any atom is -0.468 e. The molecule has 0 heterocycles. The van der Waals surface area contributed by atoms with Crippen LogP contribution in [0.25, 0.3) is 0 Å². The van der Waals surface area contributed by atoms with Crippen LogP contribution in [0.4, 0.5) is 13.2 Å². The van der Waals surface area contributed by atoms with Crippen LogP contribution >= 0.6 is 0 Å². The number of methoxy groups -OCH3 is 1. The number of likely N-dealkylation sites (N-methyl/N-ethyl adjacent to an activating group) is 1. The van der Waals surface area contributed by atoms with Gasteiger partial charge in [-0.15, -0.1) is 0 Å². The van der Waals surface area contributed by atoms with E-state index < -0.39 is 24.6 Å². The molecule has 1 unspecified atom stereocenters. The van der Waals surface area contributed by atoms with Crippen molar-refractivity contribution < 1.29 is 22.7 Å². The van der Waals surface area contributed by atoms with Crippen molar-refractivity contribution in [2.45, 2.75) is 6.18 Å². The average molecular weight is 224 g/mol. The molecular weight excluding hydrogens is 213 g/mol. The van der Waals surface area contributed by atoms with Gasteiger partial charge in [0.1, 0.15) is 0 Å². The van der Waals surface area contributed by atoms with Gasteiger partial charge in [-0.3, -0.25) is 9.69 Å². The Morgan fingerprint density at radius 1 is 1.60 bits per heavy atom.